The van der Waals surface area contributed by atoms with E-state index in [4.69, 9.17) is 9.47 Å². The van der Waals surface area contributed by atoms with E-state index in [0.717, 1.165) is 24.5 Å². The van der Waals surface area contributed by atoms with Gasteiger partial charge < -0.3 is 19.8 Å². The summed E-state index contributed by atoms with van der Waals surface area (Å²) in [5.74, 6) is 1.51. The molecule has 2 N–H and O–H groups in total. The number of nitrogens with one attached hydrogen (secondary N) is 2. The van der Waals surface area contributed by atoms with Gasteiger partial charge in [0.25, 0.3) is 0 Å². The number of hydrogen-bond donors (Lipinski definition) is 2. The van der Waals surface area contributed by atoms with E-state index in [0.29, 0.717) is 0 Å². The number of rotatable bonds is 3. The molecular formula is C20H22N2O2. The van der Waals surface area contributed by atoms with Gasteiger partial charge in [-0.1, -0.05) is 17.7 Å². The zero-order chi connectivity index (χ0) is 16.7. The number of hydrogen-bond acceptors (Lipinski definition) is 3. The van der Waals surface area contributed by atoms with Gasteiger partial charge in [-0.25, -0.2) is 0 Å². The maximum Gasteiger partial charge on any atom is 0.161 e. The zero-order valence-electron chi connectivity index (χ0n) is 14.3. The highest BCUT2D eigenvalue weighted by Gasteiger charge is 2.26. The van der Waals surface area contributed by atoms with Crippen molar-refractivity contribution in [2.45, 2.75) is 19.4 Å². The summed E-state index contributed by atoms with van der Waals surface area (Å²) in [6.07, 6.45) is 1.04. The van der Waals surface area contributed by atoms with Crippen LogP contribution in [0.25, 0.3) is 10.9 Å². The van der Waals surface area contributed by atoms with Gasteiger partial charge in [0, 0.05) is 23.1 Å². The number of H-pyrrole nitrogens is 1. The molecule has 1 atom stereocenters. The fourth-order valence-corrected chi connectivity index (χ4v) is 3.66. The Morgan fingerprint density at radius 3 is 2.62 bits per heavy atom. The number of aryl methyl sites for hydroxylation is 1. The number of benzene rings is 2. The number of aromatic amines is 1. The van der Waals surface area contributed by atoms with Crippen molar-refractivity contribution in [3.63, 3.8) is 0 Å². The monoisotopic (exact) mass is 322 g/mol. The van der Waals surface area contributed by atoms with E-state index in [9.17, 15) is 0 Å². The lowest BCUT2D eigenvalue weighted by atomic mass is 9.94. The summed E-state index contributed by atoms with van der Waals surface area (Å²) >= 11 is 0. The third-order valence-corrected chi connectivity index (χ3v) is 4.85. The molecule has 3 aromatic rings. The van der Waals surface area contributed by atoms with Gasteiger partial charge in [-0.2, -0.15) is 0 Å². The predicted octanol–water partition coefficient (Wildman–Crippen LogP) is 3.73. The van der Waals surface area contributed by atoms with E-state index in [2.05, 4.69) is 47.6 Å². The second-order valence-corrected chi connectivity index (χ2v) is 6.32. The molecule has 1 aliphatic rings. The molecule has 4 rings (SSSR count). The fourth-order valence-electron chi connectivity index (χ4n) is 3.66. The molecule has 0 bridgehead atoms. The van der Waals surface area contributed by atoms with Crippen LogP contribution in [0.3, 0.4) is 0 Å². The van der Waals surface area contributed by atoms with E-state index in [-0.39, 0.29) is 6.04 Å². The van der Waals surface area contributed by atoms with Crippen molar-refractivity contribution in [2.75, 3.05) is 20.8 Å². The lowest BCUT2D eigenvalue weighted by Crippen LogP contribution is -2.30. The normalized spacial score (nSPS) is 16.9. The second kappa shape index (κ2) is 5.87. The minimum Gasteiger partial charge on any atom is -0.493 e. The van der Waals surface area contributed by atoms with E-state index < -0.39 is 0 Å². The SMILES string of the molecule is COc1ccc(C2NCCc3c2[nH]c2ccc(C)cc32)cc1OC. The lowest BCUT2D eigenvalue weighted by molar-refractivity contribution is 0.354. The van der Waals surface area contributed by atoms with E-state index in [1.807, 2.05) is 6.07 Å². The number of methoxy groups -OCH3 is 2. The molecule has 124 valence electrons. The quantitative estimate of drug-likeness (QED) is 0.772. The minimum atomic E-state index is 0.140. The molecule has 4 nitrogen and oxygen atoms in total. The summed E-state index contributed by atoms with van der Waals surface area (Å²) < 4.78 is 10.8. The predicted molar refractivity (Wildman–Crippen MR) is 96.1 cm³/mol. The summed E-state index contributed by atoms with van der Waals surface area (Å²) in [4.78, 5) is 3.62. The summed E-state index contributed by atoms with van der Waals surface area (Å²) in [7, 11) is 3.33. The topological polar surface area (TPSA) is 46.3 Å². The molecule has 4 heteroatoms. The third-order valence-electron chi connectivity index (χ3n) is 4.85. The Morgan fingerprint density at radius 1 is 1.00 bits per heavy atom. The van der Waals surface area contributed by atoms with Crippen LogP contribution in [0.4, 0.5) is 0 Å². The average Bonchev–Trinajstić information content (AvgIpc) is 2.99. The Labute approximate surface area is 141 Å². The van der Waals surface area contributed by atoms with Crippen molar-refractivity contribution in [1.82, 2.24) is 10.3 Å². The van der Waals surface area contributed by atoms with Crippen LogP contribution in [0.1, 0.15) is 28.4 Å². The molecule has 1 aromatic heterocycles. The highest BCUT2D eigenvalue weighted by molar-refractivity contribution is 5.86. The van der Waals surface area contributed by atoms with Crippen LogP contribution in [0.15, 0.2) is 36.4 Å². The molecule has 0 amide bonds. The molecule has 24 heavy (non-hydrogen) atoms. The van der Waals surface area contributed by atoms with Crippen molar-refractivity contribution < 1.29 is 9.47 Å². The summed E-state index contributed by atoms with van der Waals surface area (Å²) in [5.41, 5.74) is 6.36. The Balaban J connectivity index is 1.83. The molecule has 0 saturated heterocycles. The van der Waals surface area contributed by atoms with Gasteiger partial charge in [0.2, 0.25) is 0 Å². The van der Waals surface area contributed by atoms with Crippen LogP contribution in [-0.4, -0.2) is 25.7 Å². The van der Waals surface area contributed by atoms with Crippen molar-refractivity contribution in [3.05, 3.63) is 58.8 Å². The van der Waals surface area contributed by atoms with Crippen molar-refractivity contribution >= 4 is 10.9 Å². The standard InChI is InChI=1S/C20H22N2O2/c1-12-4-6-16-15(10-12)14-8-9-21-19(20(14)22-16)13-5-7-17(23-2)18(11-13)24-3/h4-7,10-11,19,21-22H,8-9H2,1-3H3. The molecule has 2 heterocycles. The third kappa shape index (κ3) is 2.34. The first-order valence-corrected chi connectivity index (χ1v) is 8.27. The maximum atomic E-state index is 5.47. The maximum absolute atomic E-state index is 5.47. The molecule has 2 aromatic carbocycles. The van der Waals surface area contributed by atoms with Gasteiger partial charge in [-0.3, -0.25) is 0 Å². The molecule has 1 aliphatic heterocycles. The van der Waals surface area contributed by atoms with Crippen LogP contribution >= 0.6 is 0 Å². The smallest absolute Gasteiger partial charge is 0.161 e. The molecule has 0 fully saturated rings. The summed E-state index contributed by atoms with van der Waals surface area (Å²) in [6, 6.07) is 12.9. The molecular weight excluding hydrogens is 300 g/mol. The molecule has 1 unspecified atom stereocenters. The average molecular weight is 322 g/mol. The Bertz CT molecular complexity index is 898. The van der Waals surface area contributed by atoms with Gasteiger partial charge in [-0.05, 0) is 48.7 Å². The second-order valence-electron chi connectivity index (χ2n) is 6.32. The lowest BCUT2D eigenvalue weighted by Gasteiger charge is -2.25. The van der Waals surface area contributed by atoms with Gasteiger partial charge in [0.1, 0.15) is 0 Å². The molecule has 0 saturated carbocycles. The Kier molecular flexibility index (Phi) is 3.69. The van der Waals surface area contributed by atoms with Gasteiger partial charge in [0.05, 0.1) is 20.3 Å². The minimum absolute atomic E-state index is 0.140. The first kappa shape index (κ1) is 15.1. The van der Waals surface area contributed by atoms with Crippen LogP contribution in [-0.2, 0) is 6.42 Å². The van der Waals surface area contributed by atoms with Crippen molar-refractivity contribution in [2.24, 2.45) is 0 Å². The molecule has 0 radical (unpaired) electrons. The van der Waals surface area contributed by atoms with Crippen LogP contribution in [0, 0.1) is 6.92 Å². The van der Waals surface area contributed by atoms with Gasteiger partial charge >= 0.3 is 0 Å². The summed E-state index contributed by atoms with van der Waals surface area (Å²) in [6.45, 7) is 3.11. The van der Waals surface area contributed by atoms with E-state index in [1.54, 1.807) is 14.2 Å². The van der Waals surface area contributed by atoms with Gasteiger partial charge in [0.15, 0.2) is 11.5 Å². The largest absolute Gasteiger partial charge is 0.493 e. The number of aromatic nitrogens is 1. The molecule has 0 spiro atoms. The number of ether oxygens (including phenoxy) is 2. The first-order chi connectivity index (χ1) is 11.7. The van der Waals surface area contributed by atoms with Gasteiger partial charge in [-0.15, -0.1) is 0 Å². The summed E-state index contributed by atoms with van der Waals surface area (Å²) in [5, 5.41) is 4.97. The van der Waals surface area contributed by atoms with Crippen molar-refractivity contribution in [3.8, 4) is 11.5 Å². The highest BCUT2D eigenvalue weighted by atomic mass is 16.5. The van der Waals surface area contributed by atoms with Crippen LogP contribution in [0.5, 0.6) is 11.5 Å². The fraction of sp³-hybridized carbons (Fsp3) is 0.300. The highest BCUT2D eigenvalue weighted by Crippen LogP contribution is 2.37. The molecule has 0 aliphatic carbocycles. The van der Waals surface area contributed by atoms with Crippen LogP contribution < -0.4 is 14.8 Å². The van der Waals surface area contributed by atoms with E-state index in [1.165, 1.54) is 33.3 Å². The van der Waals surface area contributed by atoms with Crippen LogP contribution in [0.2, 0.25) is 0 Å². The van der Waals surface area contributed by atoms with E-state index >= 15 is 0 Å². The zero-order valence-corrected chi connectivity index (χ0v) is 14.3. The Hall–Kier alpha value is -2.46. The first-order valence-electron chi connectivity index (χ1n) is 8.27. The Morgan fingerprint density at radius 2 is 1.83 bits per heavy atom. The van der Waals surface area contributed by atoms with Crippen molar-refractivity contribution in [1.29, 1.82) is 0 Å². The number of fused-ring (bicyclic) bond motifs is 3.